The van der Waals surface area contributed by atoms with Crippen molar-refractivity contribution in [2.45, 2.75) is 38.5 Å². The minimum absolute atomic E-state index is 0.210. The van der Waals surface area contributed by atoms with Gasteiger partial charge in [-0.05, 0) is 38.0 Å². The highest BCUT2D eigenvalue weighted by Gasteiger charge is 2.22. The fourth-order valence-corrected chi connectivity index (χ4v) is 2.74. The van der Waals surface area contributed by atoms with E-state index in [1.54, 1.807) is 0 Å². The van der Waals surface area contributed by atoms with Crippen LogP contribution in [0.4, 0.5) is 8.78 Å². The lowest BCUT2D eigenvalue weighted by atomic mass is 10.0. The van der Waals surface area contributed by atoms with Gasteiger partial charge in [-0.1, -0.05) is 0 Å². The largest absolute Gasteiger partial charge is 0.373 e. The predicted octanol–water partition coefficient (Wildman–Crippen LogP) is 2.46. The topological polar surface area (TPSA) is 38.5 Å². The molecule has 112 valence electrons. The molecule has 1 saturated heterocycles. The van der Waals surface area contributed by atoms with Gasteiger partial charge >= 0.3 is 0 Å². The smallest absolute Gasteiger partial charge is 0.126 e. The van der Waals surface area contributed by atoms with Crippen LogP contribution in [0.15, 0.2) is 18.2 Å². The summed E-state index contributed by atoms with van der Waals surface area (Å²) in [6.45, 7) is 6.63. The van der Waals surface area contributed by atoms with Crippen LogP contribution in [0.1, 0.15) is 31.9 Å². The van der Waals surface area contributed by atoms with E-state index < -0.39 is 11.6 Å². The highest BCUT2D eigenvalue weighted by atomic mass is 19.1. The standard InChI is InChI=1S/C15H22F2N2O/c1-10-8-19(9-11(2)20-10)4-3-15(18)12-5-13(16)7-14(17)6-12/h5-7,10-11,15H,3-4,8-9,18H2,1-2H3/t10-,11+,15?. The Bertz CT molecular complexity index is 425. The molecule has 3 atom stereocenters. The zero-order valence-corrected chi connectivity index (χ0v) is 12.0. The van der Waals surface area contributed by atoms with Crippen molar-refractivity contribution in [1.29, 1.82) is 0 Å². The summed E-state index contributed by atoms with van der Waals surface area (Å²) in [6.07, 6.45) is 1.09. The maximum absolute atomic E-state index is 13.2. The highest BCUT2D eigenvalue weighted by Crippen LogP contribution is 2.19. The Kier molecular flexibility index (Phi) is 5.07. The van der Waals surface area contributed by atoms with Crippen molar-refractivity contribution in [2.75, 3.05) is 19.6 Å². The van der Waals surface area contributed by atoms with Crippen molar-refractivity contribution in [3.8, 4) is 0 Å². The first-order chi connectivity index (χ1) is 9.44. The lowest BCUT2D eigenvalue weighted by molar-refractivity contribution is -0.0684. The Morgan fingerprint density at radius 2 is 1.75 bits per heavy atom. The van der Waals surface area contributed by atoms with Crippen LogP contribution in [0.25, 0.3) is 0 Å². The van der Waals surface area contributed by atoms with Crippen molar-refractivity contribution in [3.63, 3.8) is 0 Å². The third-order valence-electron chi connectivity index (χ3n) is 3.56. The van der Waals surface area contributed by atoms with Crippen LogP contribution < -0.4 is 5.73 Å². The molecule has 5 heteroatoms. The third-order valence-corrected chi connectivity index (χ3v) is 3.56. The summed E-state index contributed by atoms with van der Waals surface area (Å²) in [4.78, 5) is 2.29. The molecular weight excluding hydrogens is 262 g/mol. The molecule has 2 N–H and O–H groups in total. The Morgan fingerprint density at radius 1 is 1.20 bits per heavy atom. The van der Waals surface area contributed by atoms with Gasteiger partial charge in [-0.3, -0.25) is 4.90 Å². The van der Waals surface area contributed by atoms with Gasteiger partial charge in [0.15, 0.2) is 0 Å². The van der Waals surface area contributed by atoms with Crippen LogP contribution in [-0.2, 0) is 4.74 Å². The minimum Gasteiger partial charge on any atom is -0.373 e. The van der Waals surface area contributed by atoms with Crippen LogP contribution in [0, 0.1) is 11.6 Å². The van der Waals surface area contributed by atoms with Gasteiger partial charge in [0, 0.05) is 31.7 Å². The second kappa shape index (κ2) is 6.61. The summed E-state index contributed by atoms with van der Waals surface area (Å²) in [5, 5.41) is 0. The normalized spacial score (nSPS) is 25.6. The number of rotatable bonds is 4. The molecule has 0 radical (unpaired) electrons. The monoisotopic (exact) mass is 284 g/mol. The van der Waals surface area contributed by atoms with Gasteiger partial charge in [-0.15, -0.1) is 0 Å². The maximum atomic E-state index is 13.2. The number of nitrogens with two attached hydrogens (primary N) is 1. The van der Waals surface area contributed by atoms with Crippen LogP contribution in [0.2, 0.25) is 0 Å². The van der Waals surface area contributed by atoms with Crippen LogP contribution in [-0.4, -0.2) is 36.7 Å². The molecule has 0 amide bonds. The molecule has 0 aliphatic carbocycles. The van der Waals surface area contributed by atoms with E-state index in [2.05, 4.69) is 4.90 Å². The molecule has 1 aromatic rings. The number of benzene rings is 1. The van der Waals surface area contributed by atoms with Crippen molar-refractivity contribution in [1.82, 2.24) is 4.90 Å². The second-order valence-corrected chi connectivity index (χ2v) is 5.61. The highest BCUT2D eigenvalue weighted by molar-refractivity contribution is 5.21. The van der Waals surface area contributed by atoms with Gasteiger partial charge in [0.25, 0.3) is 0 Å². The van der Waals surface area contributed by atoms with Crippen LogP contribution in [0.3, 0.4) is 0 Å². The predicted molar refractivity (Wildman–Crippen MR) is 74.4 cm³/mol. The molecule has 0 spiro atoms. The zero-order valence-electron chi connectivity index (χ0n) is 12.0. The lowest BCUT2D eigenvalue weighted by Gasteiger charge is -2.35. The van der Waals surface area contributed by atoms with E-state index in [4.69, 9.17) is 10.5 Å². The fraction of sp³-hybridized carbons (Fsp3) is 0.600. The van der Waals surface area contributed by atoms with E-state index in [0.29, 0.717) is 12.0 Å². The molecule has 3 nitrogen and oxygen atoms in total. The molecule has 0 aromatic heterocycles. The zero-order chi connectivity index (χ0) is 14.7. The summed E-state index contributed by atoms with van der Waals surface area (Å²) in [6, 6.07) is 3.12. The molecular formula is C15H22F2N2O. The van der Waals surface area contributed by atoms with Crippen molar-refractivity contribution in [2.24, 2.45) is 5.73 Å². The molecule has 2 rings (SSSR count). The van der Waals surface area contributed by atoms with Gasteiger partial charge in [0.05, 0.1) is 12.2 Å². The van der Waals surface area contributed by atoms with Gasteiger partial charge in [0.2, 0.25) is 0 Å². The van der Waals surface area contributed by atoms with E-state index >= 15 is 0 Å². The number of hydrogen-bond donors (Lipinski definition) is 1. The Labute approximate surface area is 118 Å². The Balaban J connectivity index is 1.89. The molecule has 1 aliphatic rings. The van der Waals surface area contributed by atoms with Gasteiger partial charge in [0.1, 0.15) is 11.6 Å². The molecule has 20 heavy (non-hydrogen) atoms. The van der Waals surface area contributed by atoms with E-state index in [1.165, 1.54) is 12.1 Å². The van der Waals surface area contributed by atoms with E-state index in [0.717, 1.165) is 25.7 Å². The molecule has 1 aromatic carbocycles. The number of nitrogens with zero attached hydrogens (tertiary/aromatic N) is 1. The number of morpholine rings is 1. The average molecular weight is 284 g/mol. The summed E-state index contributed by atoms with van der Waals surface area (Å²) >= 11 is 0. The first-order valence-electron chi connectivity index (χ1n) is 7.03. The molecule has 1 aliphatic heterocycles. The number of ether oxygens (including phenoxy) is 1. The van der Waals surface area contributed by atoms with E-state index in [-0.39, 0.29) is 18.2 Å². The first kappa shape index (κ1) is 15.4. The Hall–Kier alpha value is -1.04. The number of halogens is 2. The van der Waals surface area contributed by atoms with Gasteiger partial charge in [-0.2, -0.15) is 0 Å². The summed E-state index contributed by atoms with van der Waals surface area (Å²) < 4.78 is 32.0. The SMILES string of the molecule is C[C@@H]1CN(CCC(N)c2cc(F)cc(F)c2)C[C@H](C)O1. The fourth-order valence-electron chi connectivity index (χ4n) is 2.74. The molecule has 0 bridgehead atoms. The second-order valence-electron chi connectivity index (χ2n) is 5.61. The summed E-state index contributed by atoms with van der Waals surface area (Å²) in [5.41, 5.74) is 6.54. The van der Waals surface area contributed by atoms with Gasteiger partial charge < -0.3 is 10.5 Å². The van der Waals surface area contributed by atoms with Crippen molar-refractivity contribution >= 4 is 0 Å². The van der Waals surface area contributed by atoms with Crippen LogP contribution >= 0.6 is 0 Å². The molecule has 1 heterocycles. The summed E-state index contributed by atoms with van der Waals surface area (Å²) in [7, 11) is 0. The van der Waals surface area contributed by atoms with Crippen LogP contribution in [0.5, 0.6) is 0 Å². The number of hydrogen-bond acceptors (Lipinski definition) is 3. The summed E-state index contributed by atoms with van der Waals surface area (Å²) in [5.74, 6) is -1.16. The third kappa shape index (κ3) is 4.23. The van der Waals surface area contributed by atoms with Gasteiger partial charge in [-0.25, -0.2) is 8.78 Å². The molecule has 1 fully saturated rings. The minimum atomic E-state index is -0.580. The van der Waals surface area contributed by atoms with E-state index in [9.17, 15) is 8.78 Å². The average Bonchev–Trinajstić information content (AvgIpc) is 2.33. The quantitative estimate of drug-likeness (QED) is 0.923. The van der Waals surface area contributed by atoms with Crippen molar-refractivity contribution in [3.05, 3.63) is 35.4 Å². The first-order valence-corrected chi connectivity index (χ1v) is 7.03. The Morgan fingerprint density at radius 3 is 2.30 bits per heavy atom. The molecule has 1 unspecified atom stereocenters. The molecule has 0 saturated carbocycles. The lowest BCUT2D eigenvalue weighted by Crippen LogP contribution is -2.46. The van der Waals surface area contributed by atoms with Crippen molar-refractivity contribution < 1.29 is 13.5 Å². The van der Waals surface area contributed by atoms with E-state index in [1.807, 2.05) is 13.8 Å². The maximum Gasteiger partial charge on any atom is 0.126 e.